The number of nitrogens with two attached hydrogens (primary N) is 1. The van der Waals surface area contributed by atoms with Gasteiger partial charge in [0.2, 0.25) is 5.91 Å². The van der Waals surface area contributed by atoms with Crippen LogP contribution in [0.1, 0.15) is 38.2 Å². The molecule has 1 aromatic carbocycles. The molecule has 5 heteroatoms. The molecule has 1 aromatic rings. The van der Waals surface area contributed by atoms with Gasteiger partial charge in [-0.05, 0) is 36.5 Å². The molecule has 20 heavy (non-hydrogen) atoms. The number of hydrogen-bond acceptors (Lipinski definition) is 2. The van der Waals surface area contributed by atoms with Crippen molar-refractivity contribution in [2.24, 2.45) is 11.7 Å². The highest BCUT2D eigenvalue weighted by Gasteiger charge is 2.37. The predicted molar refractivity (Wildman–Crippen MR) is 72.8 cm³/mol. The molecule has 0 bridgehead atoms. The van der Waals surface area contributed by atoms with E-state index in [-0.39, 0.29) is 12.5 Å². The Bertz CT molecular complexity index is 507. The van der Waals surface area contributed by atoms with Crippen LogP contribution >= 0.6 is 0 Å². The van der Waals surface area contributed by atoms with E-state index in [4.69, 9.17) is 5.73 Å². The summed E-state index contributed by atoms with van der Waals surface area (Å²) in [6.07, 6.45) is 3.36. The molecule has 0 aliphatic heterocycles. The highest BCUT2D eigenvalue weighted by atomic mass is 19.2. The number of amides is 1. The molecule has 0 spiro atoms. The monoisotopic (exact) mass is 282 g/mol. The number of carbonyl (C=O) groups excluding carboxylic acids is 1. The average molecular weight is 282 g/mol. The molecular formula is C15H20F2N2O. The van der Waals surface area contributed by atoms with Gasteiger partial charge in [0.05, 0.1) is 5.54 Å². The molecule has 0 heterocycles. The molecule has 1 amide bonds. The van der Waals surface area contributed by atoms with E-state index in [2.05, 4.69) is 12.2 Å². The van der Waals surface area contributed by atoms with E-state index in [0.717, 1.165) is 25.0 Å². The molecule has 0 saturated heterocycles. The highest BCUT2D eigenvalue weighted by Crippen LogP contribution is 2.30. The van der Waals surface area contributed by atoms with Crippen LogP contribution in [0.3, 0.4) is 0 Å². The molecular weight excluding hydrogens is 262 g/mol. The van der Waals surface area contributed by atoms with Gasteiger partial charge in [-0.3, -0.25) is 4.79 Å². The molecule has 1 fully saturated rings. The van der Waals surface area contributed by atoms with Crippen LogP contribution in [0.15, 0.2) is 18.2 Å². The molecule has 110 valence electrons. The predicted octanol–water partition coefficient (Wildman–Crippen LogP) is 2.49. The van der Waals surface area contributed by atoms with Gasteiger partial charge >= 0.3 is 0 Å². The molecule has 2 rings (SSSR count). The van der Waals surface area contributed by atoms with Crippen LogP contribution in [0.2, 0.25) is 0 Å². The minimum Gasteiger partial charge on any atom is -0.350 e. The molecule has 1 saturated carbocycles. The maximum absolute atomic E-state index is 13.1. The van der Waals surface area contributed by atoms with Gasteiger partial charge in [0.1, 0.15) is 0 Å². The smallest absolute Gasteiger partial charge is 0.240 e. The molecule has 3 nitrogen and oxygen atoms in total. The van der Waals surface area contributed by atoms with Gasteiger partial charge in [0.15, 0.2) is 11.6 Å². The second-order valence-corrected chi connectivity index (χ2v) is 5.79. The number of carbonyl (C=O) groups is 1. The Labute approximate surface area is 117 Å². The normalized spacial score (nSPS) is 26.3. The number of halogens is 2. The van der Waals surface area contributed by atoms with Crippen molar-refractivity contribution >= 4 is 5.91 Å². The van der Waals surface area contributed by atoms with E-state index in [1.54, 1.807) is 0 Å². The molecule has 0 aromatic heterocycles. The number of hydrogen-bond donors (Lipinski definition) is 2. The van der Waals surface area contributed by atoms with Crippen LogP contribution in [-0.4, -0.2) is 11.4 Å². The Morgan fingerprint density at radius 3 is 2.85 bits per heavy atom. The first-order chi connectivity index (χ1) is 9.40. The zero-order valence-corrected chi connectivity index (χ0v) is 11.6. The van der Waals surface area contributed by atoms with Crippen molar-refractivity contribution in [3.05, 3.63) is 35.4 Å². The zero-order valence-electron chi connectivity index (χ0n) is 11.6. The van der Waals surface area contributed by atoms with Crippen molar-refractivity contribution in [2.45, 2.75) is 44.7 Å². The van der Waals surface area contributed by atoms with Crippen molar-refractivity contribution in [1.82, 2.24) is 5.32 Å². The van der Waals surface area contributed by atoms with E-state index in [1.807, 2.05) is 0 Å². The summed E-state index contributed by atoms with van der Waals surface area (Å²) < 4.78 is 25.9. The lowest BCUT2D eigenvalue weighted by molar-refractivity contribution is -0.128. The first-order valence-corrected chi connectivity index (χ1v) is 6.92. The van der Waals surface area contributed by atoms with Crippen LogP contribution < -0.4 is 11.1 Å². The van der Waals surface area contributed by atoms with Gasteiger partial charge < -0.3 is 11.1 Å². The fraction of sp³-hybridized carbons (Fsp3) is 0.533. The van der Waals surface area contributed by atoms with Crippen LogP contribution in [0.5, 0.6) is 0 Å². The Morgan fingerprint density at radius 2 is 2.20 bits per heavy atom. The van der Waals surface area contributed by atoms with Gasteiger partial charge in [-0.25, -0.2) is 8.78 Å². The van der Waals surface area contributed by atoms with Crippen LogP contribution in [0, 0.1) is 17.6 Å². The summed E-state index contributed by atoms with van der Waals surface area (Å²) in [6.45, 7) is 2.24. The largest absolute Gasteiger partial charge is 0.350 e. The fourth-order valence-corrected chi connectivity index (χ4v) is 2.81. The summed E-state index contributed by atoms with van der Waals surface area (Å²) in [6, 6.07) is 3.59. The molecule has 2 unspecified atom stereocenters. The first-order valence-electron chi connectivity index (χ1n) is 6.92. The molecule has 1 aliphatic rings. The summed E-state index contributed by atoms with van der Waals surface area (Å²) in [4.78, 5) is 12.2. The number of rotatable bonds is 3. The van der Waals surface area contributed by atoms with Gasteiger partial charge in [-0.15, -0.1) is 0 Å². The SMILES string of the molecule is CC1CCCC(N)(C(=O)NCc2ccc(F)c(F)c2)C1. The van der Waals surface area contributed by atoms with Crippen molar-refractivity contribution in [3.8, 4) is 0 Å². The summed E-state index contributed by atoms with van der Waals surface area (Å²) >= 11 is 0. The Balaban J connectivity index is 1.96. The minimum absolute atomic E-state index is 0.156. The first kappa shape index (κ1) is 14.9. The summed E-state index contributed by atoms with van der Waals surface area (Å²) in [7, 11) is 0. The van der Waals surface area contributed by atoms with E-state index < -0.39 is 17.2 Å². The van der Waals surface area contributed by atoms with Crippen molar-refractivity contribution in [3.63, 3.8) is 0 Å². The third-order valence-corrected chi connectivity index (χ3v) is 3.92. The highest BCUT2D eigenvalue weighted by molar-refractivity contribution is 5.86. The lowest BCUT2D eigenvalue weighted by Crippen LogP contribution is -2.56. The van der Waals surface area contributed by atoms with Crippen LogP contribution in [0.4, 0.5) is 8.78 Å². The maximum Gasteiger partial charge on any atom is 0.240 e. The quantitative estimate of drug-likeness (QED) is 0.895. The lowest BCUT2D eigenvalue weighted by atomic mass is 9.76. The van der Waals surface area contributed by atoms with E-state index in [9.17, 15) is 13.6 Å². The van der Waals surface area contributed by atoms with Gasteiger partial charge in [0.25, 0.3) is 0 Å². The van der Waals surface area contributed by atoms with Gasteiger partial charge in [-0.2, -0.15) is 0 Å². The summed E-state index contributed by atoms with van der Waals surface area (Å²) in [5.74, 6) is -1.58. The summed E-state index contributed by atoms with van der Waals surface area (Å²) in [5.41, 5.74) is 5.85. The number of nitrogens with one attached hydrogen (secondary N) is 1. The zero-order chi connectivity index (χ0) is 14.8. The standard InChI is InChI=1S/C15H20F2N2O/c1-10-3-2-6-15(18,8-10)14(20)19-9-11-4-5-12(16)13(17)7-11/h4-5,7,10H,2-3,6,8-9,18H2,1H3,(H,19,20). The third kappa shape index (κ3) is 3.33. The topological polar surface area (TPSA) is 55.1 Å². The average Bonchev–Trinajstić information content (AvgIpc) is 2.39. The van der Waals surface area contributed by atoms with E-state index in [1.165, 1.54) is 6.07 Å². The molecule has 3 N–H and O–H groups in total. The van der Waals surface area contributed by atoms with Crippen LogP contribution in [-0.2, 0) is 11.3 Å². The van der Waals surface area contributed by atoms with Gasteiger partial charge in [-0.1, -0.05) is 25.8 Å². The molecule has 1 aliphatic carbocycles. The van der Waals surface area contributed by atoms with Gasteiger partial charge in [0, 0.05) is 6.54 Å². The second-order valence-electron chi connectivity index (χ2n) is 5.79. The van der Waals surface area contributed by atoms with Crippen molar-refractivity contribution in [1.29, 1.82) is 0 Å². The summed E-state index contributed by atoms with van der Waals surface area (Å²) in [5, 5.41) is 2.72. The van der Waals surface area contributed by atoms with Crippen LogP contribution in [0.25, 0.3) is 0 Å². The maximum atomic E-state index is 13.1. The van der Waals surface area contributed by atoms with Crippen molar-refractivity contribution in [2.75, 3.05) is 0 Å². The van der Waals surface area contributed by atoms with E-state index in [0.29, 0.717) is 24.3 Å². The molecule has 2 atom stereocenters. The minimum atomic E-state index is -0.912. The van der Waals surface area contributed by atoms with Crippen molar-refractivity contribution < 1.29 is 13.6 Å². The Hall–Kier alpha value is -1.49. The Kier molecular flexibility index (Phi) is 4.38. The third-order valence-electron chi connectivity index (χ3n) is 3.92. The number of benzene rings is 1. The molecule has 0 radical (unpaired) electrons. The lowest BCUT2D eigenvalue weighted by Gasteiger charge is -2.35. The van der Waals surface area contributed by atoms with E-state index >= 15 is 0 Å². The Morgan fingerprint density at radius 1 is 1.45 bits per heavy atom. The fourth-order valence-electron chi connectivity index (χ4n) is 2.81. The second kappa shape index (κ2) is 5.87.